The highest BCUT2D eigenvalue weighted by atomic mass is 31.2. The zero-order chi connectivity index (χ0) is 11.8. The molecule has 0 saturated heterocycles. The molecule has 5 atom stereocenters. The maximum absolute atomic E-state index is 10.7. The van der Waals surface area contributed by atoms with Crippen LogP contribution < -0.4 is 0 Å². The highest BCUT2D eigenvalue weighted by Gasteiger charge is 2.43. The minimum Gasteiger partial charge on any atom is -0.390 e. The molecular formula is C7H15O7P. The van der Waals surface area contributed by atoms with Crippen molar-refractivity contribution in [1.82, 2.24) is 0 Å². The number of rotatable bonds is 2. The maximum atomic E-state index is 10.7. The molecule has 0 unspecified atom stereocenters. The van der Waals surface area contributed by atoms with Gasteiger partial charge in [-0.25, -0.2) is 0 Å². The Balaban J connectivity index is 2.71. The summed E-state index contributed by atoms with van der Waals surface area (Å²) < 4.78 is 10.7. The average Bonchev–Trinajstić information content (AvgIpc) is 2.08. The topological polar surface area (TPSA) is 138 Å². The number of hydrogen-bond acceptors (Lipinski definition) is 5. The van der Waals surface area contributed by atoms with E-state index in [1.54, 1.807) is 0 Å². The minimum absolute atomic E-state index is 0.148. The molecule has 0 heterocycles. The minimum atomic E-state index is -4.31. The first-order valence-electron chi connectivity index (χ1n) is 4.49. The van der Waals surface area contributed by atoms with Gasteiger partial charge in [0.15, 0.2) is 0 Å². The van der Waals surface area contributed by atoms with E-state index in [1.807, 2.05) is 0 Å². The molecule has 0 aromatic heterocycles. The van der Waals surface area contributed by atoms with Crippen molar-refractivity contribution in [3.63, 3.8) is 0 Å². The van der Waals surface area contributed by atoms with E-state index >= 15 is 0 Å². The fourth-order valence-corrected chi connectivity index (χ4v) is 2.76. The second-order valence-corrected chi connectivity index (χ2v) is 5.58. The van der Waals surface area contributed by atoms with Crippen molar-refractivity contribution in [2.75, 3.05) is 6.16 Å². The lowest BCUT2D eigenvalue weighted by molar-refractivity contribution is -0.154. The summed E-state index contributed by atoms with van der Waals surface area (Å²) >= 11 is 0. The fourth-order valence-electron chi connectivity index (χ4n) is 1.79. The zero-order valence-electron chi connectivity index (χ0n) is 7.84. The van der Waals surface area contributed by atoms with E-state index < -0.39 is 44.1 Å². The van der Waals surface area contributed by atoms with Crippen LogP contribution in [0.1, 0.15) is 6.42 Å². The molecule has 15 heavy (non-hydrogen) atoms. The van der Waals surface area contributed by atoms with Gasteiger partial charge in [-0.15, -0.1) is 0 Å². The molecule has 0 radical (unpaired) electrons. The van der Waals surface area contributed by atoms with Crippen LogP contribution in [-0.2, 0) is 4.57 Å². The van der Waals surface area contributed by atoms with E-state index in [0.717, 1.165) is 0 Å². The Hall–Kier alpha value is -0.0100. The lowest BCUT2D eigenvalue weighted by atomic mass is 9.82. The van der Waals surface area contributed by atoms with E-state index in [2.05, 4.69) is 0 Å². The molecular weight excluding hydrogens is 227 g/mol. The van der Waals surface area contributed by atoms with Crippen molar-refractivity contribution in [3.8, 4) is 0 Å². The highest BCUT2D eigenvalue weighted by molar-refractivity contribution is 7.51. The van der Waals surface area contributed by atoms with Crippen LogP contribution in [0.15, 0.2) is 0 Å². The molecule has 1 rings (SSSR count). The Morgan fingerprint density at radius 1 is 1.00 bits per heavy atom. The van der Waals surface area contributed by atoms with E-state index in [0.29, 0.717) is 0 Å². The molecule has 0 bridgehead atoms. The first kappa shape index (κ1) is 13.1. The smallest absolute Gasteiger partial charge is 0.325 e. The van der Waals surface area contributed by atoms with Gasteiger partial charge in [0.1, 0.15) is 12.2 Å². The van der Waals surface area contributed by atoms with Crippen LogP contribution in [0.5, 0.6) is 0 Å². The predicted octanol–water partition coefficient (Wildman–Crippen LogP) is -2.37. The Morgan fingerprint density at radius 2 is 1.53 bits per heavy atom. The second kappa shape index (κ2) is 4.47. The van der Waals surface area contributed by atoms with Gasteiger partial charge in [0, 0.05) is 5.92 Å². The molecule has 0 amide bonds. The Labute approximate surface area is 86.2 Å². The summed E-state index contributed by atoms with van der Waals surface area (Å²) in [5, 5.41) is 37.1. The number of hydrogen-bond donors (Lipinski definition) is 6. The van der Waals surface area contributed by atoms with Crippen LogP contribution in [0, 0.1) is 5.92 Å². The molecule has 6 N–H and O–H groups in total. The maximum Gasteiger partial charge on any atom is 0.325 e. The Morgan fingerprint density at radius 3 is 2.00 bits per heavy atom. The van der Waals surface area contributed by atoms with Gasteiger partial charge in [-0.3, -0.25) is 4.57 Å². The standard InChI is InChI=1S/C7H15O7P/c8-4-1-3(2-15(12,13)14)5(9)7(11)6(4)10/h3-11H,1-2H2,(H2,12,13,14)/t3-,4-,5-,6+,7+/m1/s1. The lowest BCUT2D eigenvalue weighted by Crippen LogP contribution is -2.54. The summed E-state index contributed by atoms with van der Waals surface area (Å²) in [6.07, 6.45) is -6.53. The van der Waals surface area contributed by atoms with Crippen LogP contribution in [0.2, 0.25) is 0 Å². The van der Waals surface area contributed by atoms with Crippen molar-refractivity contribution in [1.29, 1.82) is 0 Å². The fraction of sp³-hybridized carbons (Fsp3) is 1.00. The third-order valence-electron chi connectivity index (χ3n) is 2.59. The van der Waals surface area contributed by atoms with Crippen LogP contribution >= 0.6 is 7.60 Å². The molecule has 8 heteroatoms. The van der Waals surface area contributed by atoms with Crippen LogP contribution in [0.25, 0.3) is 0 Å². The molecule has 90 valence electrons. The first-order valence-corrected chi connectivity index (χ1v) is 6.29. The van der Waals surface area contributed by atoms with Crippen molar-refractivity contribution in [3.05, 3.63) is 0 Å². The van der Waals surface area contributed by atoms with Gasteiger partial charge < -0.3 is 30.2 Å². The molecule has 1 aliphatic carbocycles. The molecule has 0 aliphatic heterocycles. The molecule has 0 spiro atoms. The third-order valence-corrected chi connectivity index (χ3v) is 3.54. The first-order chi connectivity index (χ1) is 6.72. The summed E-state index contributed by atoms with van der Waals surface area (Å²) in [5.74, 6) is -0.917. The van der Waals surface area contributed by atoms with Gasteiger partial charge in [0.05, 0.1) is 18.4 Å². The molecule has 1 fully saturated rings. The van der Waals surface area contributed by atoms with Gasteiger partial charge in [0.2, 0.25) is 0 Å². The van der Waals surface area contributed by atoms with Crippen LogP contribution in [0.3, 0.4) is 0 Å². The number of aliphatic hydroxyl groups is 4. The third kappa shape index (κ3) is 3.22. The summed E-state index contributed by atoms with van der Waals surface area (Å²) in [6, 6.07) is 0. The van der Waals surface area contributed by atoms with Gasteiger partial charge >= 0.3 is 7.60 Å². The van der Waals surface area contributed by atoms with E-state index in [9.17, 15) is 25.0 Å². The van der Waals surface area contributed by atoms with E-state index in [-0.39, 0.29) is 6.42 Å². The molecule has 1 aliphatic rings. The van der Waals surface area contributed by atoms with E-state index in [1.165, 1.54) is 0 Å². The van der Waals surface area contributed by atoms with Crippen LogP contribution in [0.4, 0.5) is 0 Å². The number of aliphatic hydroxyl groups excluding tert-OH is 4. The highest BCUT2D eigenvalue weighted by Crippen LogP contribution is 2.41. The zero-order valence-corrected chi connectivity index (χ0v) is 8.73. The van der Waals surface area contributed by atoms with Crippen molar-refractivity contribution in [2.45, 2.75) is 30.8 Å². The summed E-state index contributed by atoms with van der Waals surface area (Å²) in [7, 11) is -4.31. The van der Waals surface area contributed by atoms with Gasteiger partial charge in [-0.2, -0.15) is 0 Å². The summed E-state index contributed by atoms with van der Waals surface area (Å²) in [5.41, 5.74) is 0. The lowest BCUT2D eigenvalue weighted by Gasteiger charge is -2.38. The molecule has 7 nitrogen and oxygen atoms in total. The van der Waals surface area contributed by atoms with Gasteiger partial charge in [-0.05, 0) is 6.42 Å². The van der Waals surface area contributed by atoms with Gasteiger partial charge in [0.25, 0.3) is 0 Å². The Bertz CT molecular complexity index is 264. The van der Waals surface area contributed by atoms with Crippen molar-refractivity contribution in [2.24, 2.45) is 5.92 Å². The molecule has 1 saturated carbocycles. The van der Waals surface area contributed by atoms with Crippen molar-refractivity contribution >= 4 is 7.60 Å². The summed E-state index contributed by atoms with van der Waals surface area (Å²) in [4.78, 5) is 17.4. The predicted molar refractivity (Wildman–Crippen MR) is 49.0 cm³/mol. The Kier molecular flexibility index (Phi) is 3.89. The second-order valence-electron chi connectivity index (χ2n) is 3.88. The van der Waals surface area contributed by atoms with Crippen molar-refractivity contribution < 1.29 is 34.8 Å². The van der Waals surface area contributed by atoms with Crippen LogP contribution in [-0.4, -0.2) is 60.8 Å². The van der Waals surface area contributed by atoms with E-state index in [4.69, 9.17) is 9.79 Å². The SMILES string of the molecule is O=P(O)(O)C[C@H]1C[C@@H](O)[C@H](O)[C@@H](O)[C@@H]1O. The largest absolute Gasteiger partial charge is 0.390 e. The molecule has 0 aromatic carbocycles. The monoisotopic (exact) mass is 242 g/mol. The molecule has 0 aromatic rings. The summed E-state index contributed by atoms with van der Waals surface area (Å²) in [6.45, 7) is 0. The quantitative estimate of drug-likeness (QED) is 0.297. The van der Waals surface area contributed by atoms with Gasteiger partial charge in [-0.1, -0.05) is 0 Å². The average molecular weight is 242 g/mol. The normalized spacial score (nSPS) is 42.9.